The minimum Gasteiger partial charge on any atom is -0.379 e. The Balaban J connectivity index is 1.90. The fourth-order valence-corrected chi connectivity index (χ4v) is 1.65. The van der Waals surface area contributed by atoms with Crippen molar-refractivity contribution in [1.82, 2.24) is 4.90 Å². The summed E-state index contributed by atoms with van der Waals surface area (Å²) in [6, 6.07) is 0. The Bertz CT molecular complexity index is 173. The van der Waals surface area contributed by atoms with Crippen molar-refractivity contribution in [1.29, 1.82) is 0 Å². The van der Waals surface area contributed by atoms with E-state index in [0.717, 1.165) is 45.7 Å². The van der Waals surface area contributed by atoms with Crippen LogP contribution in [0.25, 0.3) is 0 Å². The largest absolute Gasteiger partial charge is 0.379 e. The summed E-state index contributed by atoms with van der Waals surface area (Å²) in [5.74, 6) is 0. The normalized spacial score (nSPS) is 20.9. The highest BCUT2D eigenvalue weighted by molar-refractivity contribution is 7.74. The van der Waals surface area contributed by atoms with Gasteiger partial charge in [-0.15, -0.1) is 0 Å². The first-order valence-electron chi connectivity index (χ1n) is 4.83. The lowest BCUT2D eigenvalue weighted by molar-refractivity contribution is 0.0368. The second kappa shape index (κ2) is 7.30. The zero-order valence-electron chi connectivity index (χ0n) is 8.18. The molecule has 1 unspecified atom stereocenters. The van der Waals surface area contributed by atoms with Crippen molar-refractivity contribution in [2.75, 3.05) is 39.5 Å². The van der Waals surface area contributed by atoms with E-state index < -0.39 is 11.4 Å². The van der Waals surface area contributed by atoms with Crippen LogP contribution in [0.1, 0.15) is 12.8 Å². The zero-order chi connectivity index (χ0) is 10.2. The number of nitrogens with zero attached hydrogens (tertiary/aromatic N) is 1. The molecule has 1 N–H and O–H groups in total. The third kappa shape index (κ3) is 5.66. The van der Waals surface area contributed by atoms with Crippen LogP contribution in [-0.4, -0.2) is 53.1 Å². The minimum absolute atomic E-state index is 0.355. The number of rotatable bonds is 6. The van der Waals surface area contributed by atoms with Gasteiger partial charge in [0.25, 0.3) is 0 Å². The first-order valence-corrected chi connectivity index (χ1v) is 5.86. The quantitative estimate of drug-likeness (QED) is 0.517. The first-order chi connectivity index (χ1) is 6.79. The first kappa shape index (κ1) is 12.1. The summed E-state index contributed by atoms with van der Waals surface area (Å²) in [6.45, 7) is 4.99. The molecule has 0 radical (unpaired) electrons. The third-order valence-electron chi connectivity index (χ3n) is 2.16. The van der Waals surface area contributed by atoms with Crippen LogP contribution in [0, 0.1) is 0 Å². The Hall–Kier alpha value is -0.0100. The number of morpholine rings is 1. The molecule has 0 aromatic rings. The molecule has 0 aromatic heterocycles. The molecular weight excluding hydrogens is 206 g/mol. The van der Waals surface area contributed by atoms with Crippen molar-refractivity contribution >= 4 is 11.4 Å². The number of unbranched alkanes of at least 4 members (excludes halogenated alkanes) is 1. The molecule has 1 heterocycles. The summed E-state index contributed by atoms with van der Waals surface area (Å²) >= 11 is -2.11. The van der Waals surface area contributed by atoms with Gasteiger partial charge in [-0.2, -0.15) is 4.21 Å². The Morgan fingerprint density at radius 1 is 1.36 bits per heavy atom. The molecule has 1 fully saturated rings. The van der Waals surface area contributed by atoms with Gasteiger partial charge in [0.1, 0.15) is 0 Å². The highest BCUT2D eigenvalue weighted by Crippen LogP contribution is 2.00. The number of hydrogen-bond donors (Lipinski definition) is 1. The molecular formula is C8H17NO4S. The van der Waals surface area contributed by atoms with Gasteiger partial charge in [-0.3, -0.25) is 13.6 Å². The third-order valence-corrected chi connectivity index (χ3v) is 2.52. The van der Waals surface area contributed by atoms with E-state index in [4.69, 9.17) is 9.29 Å². The van der Waals surface area contributed by atoms with Gasteiger partial charge in [-0.1, -0.05) is 0 Å². The average Bonchev–Trinajstić information content (AvgIpc) is 2.18. The van der Waals surface area contributed by atoms with E-state index in [1.807, 2.05) is 0 Å². The highest BCUT2D eigenvalue weighted by Gasteiger charge is 2.08. The fraction of sp³-hybridized carbons (Fsp3) is 1.00. The van der Waals surface area contributed by atoms with Crippen LogP contribution >= 0.6 is 0 Å². The summed E-state index contributed by atoms with van der Waals surface area (Å²) in [5.41, 5.74) is 0. The summed E-state index contributed by atoms with van der Waals surface area (Å²) in [5, 5.41) is 0. The molecule has 0 aromatic carbocycles. The Labute approximate surface area is 86.9 Å². The topological polar surface area (TPSA) is 59.0 Å². The van der Waals surface area contributed by atoms with E-state index in [1.54, 1.807) is 0 Å². The molecule has 0 saturated carbocycles. The summed E-state index contributed by atoms with van der Waals surface area (Å²) in [6.07, 6.45) is 1.82. The van der Waals surface area contributed by atoms with E-state index in [-0.39, 0.29) is 0 Å². The van der Waals surface area contributed by atoms with E-state index in [0.29, 0.717) is 6.61 Å². The van der Waals surface area contributed by atoms with Gasteiger partial charge in [-0.05, 0) is 19.4 Å². The number of hydrogen-bond acceptors (Lipinski definition) is 4. The van der Waals surface area contributed by atoms with Gasteiger partial charge in [0.05, 0.1) is 19.8 Å². The summed E-state index contributed by atoms with van der Waals surface area (Å²) in [7, 11) is 0. The van der Waals surface area contributed by atoms with E-state index >= 15 is 0 Å². The molecule has 6 heteroatoms. The molecule has 84 valence electrons. The lowest BCUT2D eigenvalue weighted by atomic mass is 10.3. The molecule has 1 aliphatic heterocycles. The van der Waals surface area contributed by atoms with Crippen molar-refractivity contribution in [2.45, 2.75) is 12.8 Å². The van der Waals surface area contributed by atoms with E-state index in [9.17, 15) is 4.21 Å². The van der Waals surface area contributed by atoms with Gasteiger partial charge in [0.2, 0.25) is 0 Å². The minimum atomic E-state index is -2.11. The highest BCUT2D eigenvalue weighted by atomic mass is 32.2. The Kier molecular flexibility index (Phi) is 6.29. The predicted octanol–water partition coefficient (Wildman–Crippen LogP) is 0.252. The monoisotopic (exact) mass is 223 g/mol. The van der Waals surface area contributed by atoms with Crippen LogP contribution in [0.2, 0.25) is 0 Å². The molecule has 0 amide bonds. The second-order valence-electron chi connectivity index (χ2n) is 3.20. The van der Waals surface area contributed by atoms with E-state index in [1.165, 1.54) is 0 Å². The van der Waals surface area contributed by atoms with Crippen LogP contribution in [0.4, 0.5) is 0 Å². The molecule has 0 spiro atoms. The van der Waals surface area contributed by atoms with Crippen LogP contribution < -0.4 is 0 Å². The molecule has 0 aliphatic carbocycles. The van der Waals surface area contributed by atoms with Gasteiger partial charge in [-0.25, -0.2) is 0 Å². The Morgan fingerprint density at radius 3 is 2.71 bits per heavy atom. The van der Waals surface area contributed by atoms with Gasteiger partial charge in [0.15, 0.2) is 0 Å². The average molecular weight is 223 g/mol. The van der Waals surface area contributed by atoms with Crippen molar-refractivity contribution in [3.63, 3.8) is 0 Å². The SMILES string of the molecule is O=S(O)OCCCCN1CCOCC1. The van der Waals surface area contributed by atoms with Gasteiger partial charge in [0, 0.05) is 13.1 Å². The molecule has 1 saturated heterocycles. The lowest BCUT2D eigenvalue weighted by Crippen LogP contribution is -2.36. The lowest BCUT2D eigenvalue weighted by Gasteiger charge is -2.26. The van der Waals surface area contributed by atoms with Crippen molar-refractivity contribution < 1.29 is 17.7 Å². The van der Waals surface area contributed by atoms with Crippen molar-refractivity contribution in [3.05, 3.63) is 0 Å². The van der Waals surface area contributed by atoms with Crippen LogP contribution in [-0.2, 0) is 20.3 Å². The van der Waals surface area contributed by atoms with Crippen LogP contribution in [0.15, 0.2) is 0 Å². The maximum atomic E-state index is 10.1. The van der Waals surface area contributed by atoms with E-state index in [2.05, 4.69) is 9.08 Å². The van der Waals surface area contributed by atoms with Crippen molar-refractivity contribution in [3.8, 4) is 0 Å². The summed E-state index contributed by atoms with van der Waals surface area (Å²) in [4.78, 5) is 2.33. The van der Waals surface area contributed by atoms with Crippen LogP contribution in [0.3, 0.4) is 0 Å². The molecule has 0 bridgehead atoms. The standard InChI is InChI=1S/C8H17NO4S/c10-14(11)13-6-2-1-3-9-4-7-12-8-5-9/h1-8H2,(H,10,11). The molecule has 1 atom stereocenters. The fourth-order valence-electron chi connectivity index (χ4n) is 1.39. The molecule has 1 rings (SSSR count). The molecule has 1 aliphatic rings. The maximum Gasteiger partial charge on any atom is 0.301 e. The molecule has 14 heavy (non-hydrogen) atoms. The summed E-state index contributed by atoms with van der Waals surface area (Å²) < 4.78 is 28.2. The van der Waals surface area contributed by atoms with Crippen LogP contribution in [0.5, 0.6) is 0 Å². The number of ether oxygens (including phenoxy) is 1. The van der Waals surface area contributed by atoms with Gasteiger partial charge >= 0.3 is 11.4 Å². The smallest absolute Gasteiger partial charge is 0.301 e. The van der Waals surface area contributed by atoms with Gasteiger partial charge < -0.3 is 4.74 Å². The zero-order valence-corrected chi connectivity index (χ0v) is 9.00. The Morgan fingerprint density at radius 2 is 2.07 bits per heavy atom. The second-order valence-corrected chi connectivity index (χ2v) is 3.87. The maximum absolute atomic E-state index is 10.1. The molecule has 5 nitrogen and oxygen atoms in total. The predicted molar refractivity (Wildman–Crippen MR) is 53.2 cm³/mol. The van der Waals surface area contributed by atoms with Crippen molar-refractivity contribution in [2.24, 2.45) is 0 Å².